The molecule has 0 spiro atoms. The zero-order valence-electron chi connectivity index (χ0n) is 14.9. The number of hydrogen-bond acceptors (Lipinski definition) is 4. The van der Waals surface area contributed by atoms with E-state index in [1.54, 1.807) is 0 Å². The SMILES string of the molecule is CCN(CC(C)C#N)CC(O)COc1ccc(-c2ccccc2)cc1. The van der Waals surface area contributed by atoms with Gasteiger partial charge in [0.1, 0.15) is 18.5 Å². The monoisotopic (exact) mass is 338 g/mol. The number of likely N-dealkylation sites (N-methyl/N-ethyl adjacent to an activating group) is 1. The third-order valence-corrected chi connectivity index (χ3v) is 4.07. The van der Waals surface area contributed by atoms with E-state index < -0.39 is 6.10 Å². The van der Waals surface area contributed by atoms with E-state index in [4.69, 9.17) is 10.00 Å². The minimum absolute atomic E-state index is 0.0430. The van der Waals surface area contributed by atoms with Crippen molar-refractivity contribution in [3.05, 3.63) is 54.6 Å². The lowest BCUT2D eigenvalue weighted by Gasteiger charge is -2.24. The van der Waals surface area contributed by atoms with Crippen molar-refractivity contribution >= 4 is 0 Å². The van der Waals surface area contributed by atoms with E-state index in [0.717, 1.165) is 17.9 Å². The predicted molar refractivity (Wildman–Crippen MR) is 100 cm³/mol. The van der Waals surface area contributed by atoms with Gasteiger partial charge < -0.3 is 9.84 Å². The smallest absolute Gasteiger partial charge is 0.119 e. The summed E-state index contributed by atoms with van der Waals surface area (Å²) >= 11 is 0. The highest BCUT2D eigenvalue weighted by Crippen LogP contribution is 2.22. The van der Waals surface area contributed by atoms with Crippen LogP contribution in [0.4, 0.5) is 0 Å². The summed E-state index contributed by atoms with van der Waals surface area (Å²) in [4.78, 5) is 2.07. The van der Waals surface area contributed by atoms with Crippen LogP contribution in [-0.2, 0) is 0 Å². The molecule has 0 saturated heterocycles. The standard InChI is InChI=1S/C21H26N2O2/c1-3-23(14-17(2)13-22)15-20(24)16-25-21-11-9-19(10-12-21)18-7-5-4-6-8-18/h4-12,17,20,24H,3,14-16H2,1-2H3. The summed E-state index contributed by atoms with van der Waals surface area (Å²) in [6.45, 7) is 6.12. The molecule has 2 aromatic carbocycles. The maximum Gasteiger partial charge on any atom is 0.119 e. The second-order valence-electron chi connectivity index (χ2n) is 6.24. The molecule has 0 amide bonds. The van der Waals surface area contributed by atoms with Gasteiger partial charge in [-0.15, -0.1) is 0 Å². The molecule has 2 rings (SSSR count). The van der Waals surface area contributed by atoms with Crippen LogP contribution in [0.1, 0.15) is 13.8 Å². The molecule has 25 heavy (non-hydrogen) atoms. The zero-order valence-corrected chi connectivity index (χ0v) is 14.9. The fraction of sp³-hybridized carbons (Fsp3) is 0.381. The lowest BCUT2D eigenvalue weighted by Crippen LogP contribution is -2.37. The molecular formula is C21H26N2O2. The molecule has 0 heterocycles. The van der Waals surface area contributed by atoms with Crippen LogP contribution in [-0.4, -0.2) is 42.4 Å². The van der Waals surface area contributed by atoms with Gasteiger partial charge in [0.15, 0.2) is 0 Å². The summed E-state index contributed by atoms with van der Waals surface area (Å²) in [5.41, 5.74) is 2.30. The molecule has 0 aliphatic heterocycles. The summed E-state index contributed by atoms with van der Waals surface area (Å²) in [5.74, 6) is 0.700. The number of hydrogen-bond donors (Lipinski definition) is 1. The Labute approximate surface area is 150 Å². The molecule has 2 aromatic rings. The third-order valence-electron chi connectivity index (χ3n) is 4.07. The number of benzene rings is 2. The topological polar surface area (TPSA) is 56.5 Å². The van der Waals surface area contributed by atoms with Gasteiger partial charge in [0.05, 0.1) is 12.0 Å². The zero-order chi connectivity index (χ0) is 18.1. The van der Waals surface area contributed by atoms with E-state index in [2.05, 4.69) is 23.1 Å². The van der Waals surface area contributed by atoms with Crippen molar-refractivity contribution in [3.63, 3.8) is 0 Å². The quantitative estimate of drug-likeness (QED) is 0.759. The number of ether oxygens (including phenoxy) is 1. The van der Waals surface area contributed by atoms with Gasteiger partial charge in [0.2, 0.25) is 0 Å². The number of nitrogens with zero attached hydrogens (tertiary/aromatic N) is 2. The van der Waals surface area contributed by atoms with Crippen molar-refractivity contribution < 1.29 is 9.84 Å². The first-order valence-corrected chi connectivity index (χ1v) is 8.70. The van der Waals surface area contributed by atoms with E-state index in [9.17, 15) is 5.11 Å². The molecule has 0 bridgehead atoms. The van der Waals surface area contributed by atoms with E-state index in [1.807, 2.05) is 56.3 Å². The Hall–Kier alpha value is -2.35. The average molecular weight is 338 g/mol. The first kappa shape index (κ1) is 19.0. The molecule has 0 saturated carbocycles. The van der Waals surface area contributed by atoms with Crippen LogP contribution < -0.4 is 4.74 Å². The highest BCUT2D eigenvalue weighted by molar-refractivity contribution is 5.63. The van der Waals surface area contributed by atoms with Crippen LogP contribution in [0, 0.1) is 17.2 Å². The largest absolute Gasteiger partial charge is 0.491 e. The number of rotatable bonds is 9. The van der Waals surface area contributed by atoms with Crippen molar-refractivity contribution in [3.8, 4) is 22.9 Å². The highest BCUT2D eigenvalue weighted by Gasteiger charge is 2.13. The number of aliphatic hydroxyl groups is 1. The first-order valence-electron chi connectivity index (χ1n) is 8.70. The summed E-state index contributed by atoms with van der Waals surface area (Å²) < 4.78 is 5.69. The maximum absolute atomic E-state index is 10.2. The molecule has 0 aromatic heterocycles. The lowest BCUT2D eigenvalue weighted by atomic mass is 10.1. The maximum atomic E-state index is 10.2. The Kier molecular flexibility index (Phi) is 7.46. The van der Waals surface area contributed by atoms with E-state index in [-0.39, 0.29) is 12.5 Å². The van der Waals surface area contributed by atoms with Crippen molar-refractivity contribution in [2.45, 2.75) is 20.0 Å². The minimum Gasteiger partial charge on any atom is -0.491 e. The van der Waals surface area contributed by atoms with E-state index >= 15 is 0 Å². The van der Waals surface area contributed by atoms with Gasteiger partial charge in [0, 0.05) is 13.1 Å². The molecule has 0 radical (unpaired) electrons. The normalized spacial score (nSPS) is 13.2. The Morgan fingerprint density at radius 1 is 1.04 bits per heavy atom. The third kappa shape index (κ3) is 6.22. The van der Waals surface area contributed by atoms with Crippen LogP contribution in [0.3, 0.4) is 0 Å². The Morgan fingerprint density at radius 2 is 1.68 bits per heavy atom. The fourth-order valence-electron chi connectivity index (χ4n) is 2.68. The van der Waals surface area contributed by atoms with Gasteiger partial charge in [-0.2, -0.15) is 5.26 Å². The van der Waals surface area contributed by atoms with Crippen molar-refractivity contribution in [1.29, 1.82) is 5.26 Å². The molecule has 2 unspecified atom stereocenters. The van der Waals surface area contributed by atoms with Crippen LogP contribution in [0.2, 0.25) is 0 Å². The van der Waals surface area contributed by atoms with Gasteiger partial charge in [-0.25, -0.2) is 0 Å². The fourth-order valence-corrected chi connectivity index (χ4v) is 2.68. The summed E-state index contributed by atoms with van der Waals surface area (Å²) in [7, 11) is 0. The van der Waals surface area contributed by atoms with Crippen molar-refractivity contribution in [2.75, 3.05) is 26.2 Å². The Bertz CT molecular complexity index is 665. The molecule has 0 fully saturated rings. The van der Waals surface area contributed by atoms with Crippen LogP contribution >= 0.6 is 0 Å². The minimum atomic E-state index is -0.584. The molecule has 4 heteroatoms. The van der Waals surface area contributed by atoms with Crippen LogP contribution in [0.15, 0.2) is 54.6 Å². The van der Waals surface area contributed by atoms with Crippen LogP contribution in [0.5, 0.6) is 5.75 Å². The molecular weight excluding hydrogens is 312 g/mol. The van der Waals surface area contributed by atoms with E-state index in [0.29, 0.717) is 13.1 Å². The Balaban J connectivity index is 1.83. The van der Waals surface area contributed by atoms with E-state index in [1.165, 1.54) is 5.56 Å². The first-order chi connectivity index (χ1) is 12.1. The van der Waals surface area contributed by atoms with Gasteiger partial charge in [0.25, 0.3) is 0 Å². The Morgan fingerprint density at radius 3 is 2.28 bits per heavy atom. The molecule has 0 aliphatic carbocycles. The van der Waals surface area contributed by atoms with Gasteiger partial charge >= 0.3 is 0 Å². The molecule has 4 nitrogen and oxygen atoms in total. The average Bonchev–Trinajstić information content (AvgIpc) is 2.66. The van der Waals surface area contributed by atoms with Crippen molar-refractivity contribution in [1.82, 2.24) is 4.90 Å². The number of nitriles is 1. The van der Waals surface area contributed by atoms with Gasteiger partial charge in [-0.05, 0) is 36.7 Å². The summed E-state index contributed by atoms with van der Waals surface area (Å²) in [5, 5.41) is 19.1. The predicted octanol–water partition coefficient (Wildman–Crippen LogP) is 3.57. The molecule has 1 N–H and O–H groups in total. The second kappa shape index (κ2) is 9.83. The summed E-state index contributed by atoms with van der Waals surface area (Å²) in [6, 6.07) is 20.3. The highest BCUT2D eigenvalue weighted by atomic mass is 16.5. The number of aliphatic hydroxyl groups excluding tert-OH is 1. The van der Waals surface area contributed by atoms with Crippen molar-refractivity contribution in [2.24, 2.45) is 5.92 Å². The van der Waals surface area contributed by atoms with Gasteiger partial charge in [-0.3, -0.25) is 4.90 Å². The van der Waals surface area contributed by atoms with Crippen LogP contribution in [0.25, 0.3) is 11.1 Å². The lowest BCUT2D eigenvalue weighted by molar-refractivity contribution is 0.0675. The summed E-state index contributed by atoms with van der Waals surface area (Å²) in [6.07, 6.45) is -0.584. The van der Waals surface area contributed by atoms with Gasteiger partial charge in [-0.1, -0.05) is 49.4 Å². The molecule has 132 valence electrons. The molecule has 2 atom stereocenters. The molecule has 0 aliphatic rings. The second-order valence-corrected chi connectivity index (χ2v) is 6.24.